The molecule has 0 saturated carbocycles. The number of nitrogens with one attached hydrogen (secondary N) is 1. The monoisotopic (exact) mass is 407 g/mol. The topological polar surface area (TPSA) is 90.9 Å². The molecule has 1 aromatic heterocycles. The summed E-state index contributed by atoms with van der Waals surface area (Å²) in [4.78, 5) is 36.1. The molecule has 1 fully saturated rings. The summed E-state index contributed by atoms with van der Waals surface area (Å²) < 4.78 is 16.9. The molecule has 1 aliphatic heterocycles. The molecule has 1 aliphatic rings. The molecular formula is C19H26BNO6S. The molecular weight excluding hydrogens is 381 g/mol. The number of hydrogen-bond donors (Lipinski definition) is 1. The lowest BCUT2D eigenvalue weighted by Gasteiger charge is -2.32. The van der Waals surface area contributed by atoms with E-state index in [-0.39, 0.29) is 23.9 Å². The van der Waals surface area contributed by atoms with Gasteiger partial charge in [-0.05, 0) is 58.3 Å². The fourth-order valence-corrected chi connectivity index (χ4v) is 3.37. The van der Waals surface area contributed by atoms with Crippen LogP contribution >= 0.6 is 11.3 Å². The van der Waals surface area contributed by atoms with Crippen molar-refractivity contribution in [1.29, 1.82) is 0 Å². The van der Waals surface area contributed by atoms with E-state index in [9.17, 15) is 14.4 Å². The van der Waals surface area contributed by atoms with Gasteiger partial charge in [0.05, 0.1) is 22.7 Å². The van der Waals surface area contributed by atoms with E-state index in [4.69, 9.17) is 14.0 Å². The summed E-state index contributed by atoms with van der Waals surface area (Å²) in [6, 6.07) is 3.31. The van der Waals surface area contributed by atoms with Crippen molar-refractivity contribution in [3.05, 3.63) is 27.4 Å². The number of ketones is 1. The maximum atomic E-state index is 12.1. The van der Waals surface area contributed by atoms with Gasteiger partial charge in [-0.3, -0.25) is 9.59 Å². The van der Waals surface area contributed by atoms with Crippen molar-refractivity contribution in [3.63, 3.8) is 0 Å². The molecule has 1 amide bonds. The maximum Gasteiger partial charge on any atom is 0.492 e. The third-order valence-corrected chi connectivity index (χ3v) is 5.77. The molecule has 0 atom stereocenters. The van der Waals surface area contributed by atoms with Gasteiger partial charge in [0.25, 0.3) is 5.78 Å². The van der Waals surface area contributed by atoms with Gasteiger partial charge in [0.15, 0.2) is 0 Å². The minimum Gasteiger partial charge on any atom is -0.460 e. The van der Waals surface area contributed by atoms with Crippen LogP contribution in [0, 0.1) is 0 Å². The normalized spacial score (nSPS) is 18.1. The van der Waals surface area contributed by atoms with Crippen molar-refractivity contribution in [1.82, 2.24) is 5.32 Å². The number of esters is 1. The van der Waals surface area contributed by atoms with Crippen LogP contribution in [0.3, 0.4) is 0 Å². The highest BCUT2D eigenvalue weighted by Gasteiger charge is 2.52. The Labute approximate surface area is 169 Å². The van der Waals surface area contributed by atoms with E-state index in [0.29, 0.717) is 5.47 Å². The summed E-state index contributed by atoms with van der Waals surface area (Å²) >= 11 is 1.17. The highest BCUT2D eigenvalue weighted by Crippen LogP contribution is 2.39. The zero-order chi connectivity index (χ0) is 21.1. The van der Waals surface area contributed by atoms with Crippen molar-refractivity contribution in [2.75, 3.05) is 13.2 Å². The van der Waals surface area contributed by atoms with E-state index in [2.05, 4.69) is 5.32 Å². The lowest BCUT2D eigenvalue weighted by molar-refractivity contribution is -0.137. The fourth-order valence-electron chi connectivity index (χ4n) is 2.46. The van der Waals surface area contributed by atoms with Crippen molar-refractivity contribution >= 4 is 42.2 Å². The molecule has 0 aromatic carbocycles. The molecule has 152 valence electrons. The van der Waals surface area contributed by atoms with Crippen molar-refractivity contribution in [3.8, 4) is 0 Å². The van der Waals surface area contributed by atoms with Gasteiger partial charge < -0.3 is 19.4 Å². The van der Waals surface area contributed by atoms with Crippen LogP contribution in [0.15, 0.2) is 17.6 Å². The first-order chi connectivity index (χ1) is 13.0. The van der Waals surface area contributed by atoms with E-state index in [0.717, 1.165) is 4.88 Å². The Bertz CT molecular complexity index is 782. The number of carbonyl (C=O) groups is 3. The first-order valence-corrected chi connectivity index (χ1v) is 9.90. The second kappa shape index (κ2) is 8.59. The molecule has 1 N–H and O–H groups in total. The molecule has 1 aromatic rings. The van der Waals surface area contributed by atoms with Crippen LogP contribution in [-0.4, -0.2) is 49.1 Å². The number of hydrogen-bond acceptors (Lipinski definition) is 7. The first-order valence-electron chi connectivity index (χ1n) is 9.08. The zero-order valence-corrected chi connectivity index (χ0v) is 17.9. The largest absolute Gasteiger partial charge is 0.492 e. The molecule has 0 unspecified atom stereocenters. The van der Waals surface area contributed by atoms with Gasteiger partial charge in [-0.15, -0.1) is 11.3 Å². The summed E-state index contributed by atoms with van der Waals surface area (Å²) in [6.07, 6.45) is 1.81. The van der Waals surface area contributed by atoms with Crippen LogP contribution in [0.25, 0.3) is 6.08 Å². The number of carbonyl (C=O) groups excluding carboxylic acids is 3. The number of ether oxygens (including phenoxy) is 1. The molecule has 1 saturated heterocycles. The average Bonchev–Trinajstić information content (AvgIpc) is 3.13. The Hall–Kier alpha value is -1.97. The van der Waals surface area contributed by atoms with E-state index in [1.165, 1.54) is 18.3 Å². The zero-order valence-electron chi connectivity index (χ0n) is 17.1. The highest BCUT2D eigenvalue weighted by molar-refractivity contribution is 7.15. The Balaban J connectivity index is 2.27. The molecule has 0 radical (unpaired) electrons. The second-order valence-electron chi connectivity index (χ2n) is 7.47. The lowest BCUT2D eigenvalue weighted by Crippen LogP contribution is -2.41. The van der Waals surface area contributed by atoms with Crippen LogP contribution in [0.4, 0.5) is 0 Å². The number of rotatable bonds is 7. The Kier molecular flexibility index (Phi) is 6.85. The van der Waals surface area contributed by atoms with Crippen LogP contribution in [-0.2, 0) is 23.6 Å². The van der Waals surface area contributed by atoms with E-state index in [1.807, 2.05) is 33.8 Å². The third kappa shape index (κ3) is 5.09. The van der Waals surface area contributed by atoms with Gasteiger partial charge in [0.2, 0.25) is 5.91 Å². The predicted octanol–water partition coefficient (Wildman–Crippen LogP) is 2.64. The molecule has 0 spiro atoms. The van der Waals surface area contributed by atoms with Crippen LogP contribution < -0.4 is 5.32 Å². The summed E-state index contributed by atoms with van der Waals surface area (Å²) in [7, 11) is -0.636. The van der Waals surface area contributed by atoms with Gasteiger partial charge in [-0.2, -0.15) is 0 Å². The van der Waals surface area contributed by atoms with E-state index >= 15 is 0 Å². The predicted molar refractivity (Wildman–Crippen MR) is 108 cm³/mol. The second-order valence-corrected chi connectivity index (χ2v) is 8.58. The molecule has 9 heteroatoms. The minimum atomic E-state index is -0.871. The summed E-state index contributed by atoms with van der Waals surface area (Å²) in [6.45, 7) is 11.3. The minimum absolute atomic E-state index is 0.144. The summed E-state index contributed by atoms with van der Waals surface area (Å²) in [5.41, 5.74) is -0.327. The molecule has 28 heavy (non-hydrogen) atoms. The maximum absolute atomic E-state index is 12.1. The fraction of sp³-hybridized carbons (Fsp3) is 0.526. The molecule has 0 bridgehead atoms. The summed E-state index contributed by atoms with van der Waals surface area (Å²) in [5, 5.41) is 2.76. The van der Waals surface area contributed by atoms with Crippen LogP contribution in [0.2, 0.25) is 0 Å². The van der Waals surface area contributed by atoms with Crippen molar-refractivity contribution in [2.45, 2.75) is 52.7 Å². The van der Waals surface area contributed by atoms with Crippen LogP contribution in [0.1, 0.15) is 56.1 Å². The number of thiophene rings is 1. The summed E-state index contributed by atoms with van der Waals surface area (Å²) in [5.74, 6) is -1.72. The quantitative estimate of drug-likeness (QED) is 0.324. The Morgan fingerprint density at radius 3 is 2.32 bits per heavy atom. The van der Waals surface area contributed by atoms with Gasteiger partial charge in [-0.25, -0.2) is 4.79 Å². The highest BCUT2D eigenvalue weighted by atomic mass is 32.1. The van der Waals surface area contributed by atoms with E-state index < -0.39 is 30.1 Å². The molecule has 2 rings (SSSR count). The Morgan fingerprint density at radius 2 is 1.79 bits per heavy atom. The van der Waals surface area contributed by atoms with Gasteiger partial charge in [0, 0.05) is 18.3 Å². The smallest absolute Gasteiger partial charge is 0.460 e. The number of Topliss-reactive ketones (excluding diaryl/α,β-unsaturated/α-hetero) is 1. The molecule has 2 heterocycles. The van der Waals surface area contributed by atoms with Gasteiger partial charge >= 0.3 is 13.1 Å². The average molecular weight is 407 g/mol. The van der Waals surface area contributed by atoms with Crippen LogP contribution in [0.5, 0.6) is 0 Å². The first kappa shape index (κ1) is 22.3. The van der Waals surface area contributed by atoms with E-state index in [1.54, 1.807) is 19.1 Å². The SMILES string of the molecule is CCOC(=O)C(=O)c1ccc(C=C(CNC(C)=O)B2OC(C)(C)C(C)(C)O2)s1. The third-order valence-electron chi connectivity index (χ3n) is 4.74. The number of amides is 1. The lowest BCUT2D eigenvalue weighted by atomic mass is 9.77. The van der Waals surface area contributed by atoms with Crippen molar-refractivity contribution < 1.29 is 28.4 Å². The van der Waals surface area contributed by atoms with Gasteiger partial charge in [0.1, 0.15) is 0 Å². The molecule has 0 aliphatic carbocycles. The van der Waals surface area contributed by atoms with Crippen molar-refractivity contribution in [2.24, 2.45) is 0 Å². The van der Waals surface area contributed by atoms with Gasteiger partial charge in [-0.1, -0.05) is 0 Å². The Morgan fingerprint density at radius 1 is 1.18 bits per heavy atom. The molecule has 7 nitrogen and oxygen atoms in total. The standard InChI is InChI=1S/C19H26BNO6S/c1-7-25-17(24)16(23)15-9-8-14(28-15)10-13(11-21-12(2)22)20-26-18(3,4)19(5,6)27-20/h8-10H,7,11H2,1-6H3,(H,21,22).